The molecule has 2 aromatic rings. The normalized spacial score (nSPS) is 11.5. The van der Waals surface area contributed by atoms with Crippen molar-refractivity contribution in [2.75, 3.05) is 0 Å². The van der Waals surface area contributed by atoms with Gasteiger partial charge >= 0.3 is 0 Å². The molecule has 2 rings (SSSR count). The zero-order valence-electron chi connectivity index (χ0n) is 19.3. The molecule has 0 bridgehead atoms. The summed E-state index contributed by atoms with van der Waals surface area (Å²) in [5.74, 6) is 0.839. The zero-order chi connectivity index (χ0) is 22.6. The Morgan fingerprint density at radius 3 is 1.58 bits per heavy atom. The number of Topliss-reactive ketones (excluding diaryl/α,β-unsaturated/α-hetero) is 2. The third-order valence-electron chi connectivity index (χ3n) is 5.08. The van der Waals surface area contributed by atoms with Crippen LogP contribution < -0.4 is 0 Å². The fourth-order valence-electron chi connectivity index (χ4n) is 3.01. The van der Waals surface area contributed by atoms with Gasteiger partial charge < -0.3 is 4.74 Å². The first kappa shape index (κ1) is 24.8. The molecule has 0 aliphatic carbocycles. The fraction of sp³-hybridized carbons (Fsp3) is 0.727. The molecule has 0 spiro atoms. The molecule has 0 amide bonds. The highest BCUT2D eigenvalue weighted by Gasteiger charge is 2.08. The van der Waals surface area contributed by atoms with Crippen molar-refractivity contribution in [3.63, 3.8) is 0 Å². The standard InChI is InChI=1S/C22H36N6O3/c1-17(2)21(29)9-5-7-11-27-13-19(23-25-27)15-31-16-20-14-28(26-24-20)12-8-6-10-22(30)18(3)4/h13-14,17-18H,5-12,15-16H2,1-4H3. The third kappa shape index (κ3) is 9.50. The highest BCUT2D eigenvalue weighted by molar-refractivity contribution is 5.80. The van der Waals surface area contributed by atoms with Gasteiger partial charge in [-0.05, 0) is 25.7 Å². The van der Waals surface area contributed by atoms with E-state index in [2.05, 4.69) is 20.6 Å². The van der Waals surface area contributed by atoms with Crippen molar-refractivity contribution in [3.8, 4) is 0 Å². The smallest absolute Gasteiger partial charge is 0.135 e. The van der Waals surface area contributed by atoms with E-state index in [1.54, 1.807) is 9.36 Å². The average Bonchev–Trinajstić information content (AvgIpc) is 3.37. The molecule has 2 aromatic heterocycles. The summed E-state index contributed by atoms with van der Waals surface area (Å²) in [5, 5.41) is 16.5. The molecule has 0 N–H and O–H groups in total. The van der Waals surface area contributed by atoms with Crippen LogP contribution in [0.5, 0.6) is 0 Å². The maximum absolute atomic E-state index is 11.6. The van der Waals surface area contributed by atoms with Crippen molar-refractivity contribution in [1.82, 2.24) is 30.0 Å². The molecule has 0 aromatic carbocycles. The predicted molar refractivity (Wildman–Crippen MR) is 116 cm³/mol. The van der Waals surface area contributed by atoms with Crippen LogP contribution >= 0.6 is 0 Å². The molecule has 0 atom stereocenters. The molecule has 0 saturated heterocycles. The summed E-state index contributed by atoms with van der Waals surface area (Å²) < 4.78 is 9.26. The highest BCUT2D eigenvalue weighted by Crippen LogP contribution is 2.08. The number of aryl methyl sites for hydroxylation is 2. The predicted octanol–water partition coefficient (Wildman–Crippen LogP) is 3.38. The third-order valence-corrected chi connectivity index (χ3v) is 5.08. The lowest BCUT2D eigenvalue weighted by atomic mass is 10.0. The number of unbranched alkanes of at least 4 members (excludes halogenated alkanes) is 2. The minimum Gasteiger partial charge on any atom is -0.369 e. The van der Waals surface area contributed by atoms with E-state index in [1.807, 2.05) is 40.1 Å². The summed E-state index contributed by atoms with van der Waals surface area (Å²) in [6.45, 7) is 9.95. The molecule has 0 saturated carbocycles. The number of carbonyl (C=O) groups is 2. The van der Waals surface area contributed by atoms with E-state index in [0.29, 0.717) is 37.6 Å². The molecule has 31 heavy (non-hydrogen) atoms. The van der Waals surface area contributed by atoms with Gasteiger partial charge in [0, 0.05) is 37.8 Å². The fourth-order valence-corrected chi connectivity index (χ4v) is 3.01. The largest absolute Gasteiger partial charge is 0.369 e. The van der Waals surface area contributed by atoms with Gasteiger partial charge in [0.05, 0.1) is 25.6 Å². The Morgan fingerprint density at radius 1 is 0.774 bits per heavy atom. The molecule has 0 radical (unpaired) electrons. The molecular formula is C22H36N6O3. The second-order valence-electron chi connectivity index (χ2n) is 8.59. The number of ketones is 2. The van der Waals surface area contributed by atoms with Crippen LogP contribution in [0.15, 0.2) is 12.4 Å². The number of hydrogen-bond donors (Lipinski definition) is 0. The number of hydrogen-bond acceptors (Lipinski definition) is 7. The molecule has 172 valence electrons. The second kappa shape index (κ2) is 13.1. The van der Waals surface area contributed by atoms with Crippen molar-refractivity contribution in [2.24, 2.45) is 11.8 Å². The highest BCUT2D eigenvalue weighted by atomic mass is 16.5. The van der Waals surface area contributed by atoms with Gasteiger partial charge in [0.1, 0.15) is 23.0 Å². The van der Waals surface area contributed by atoms with Crippen molar-refractivity contribution >= 4 is 11.6 Å². The van der Waals surface area contributed by atoms with E-state index < -0.39 is 0 Å². The minimum atomic E-state index is 0.108. The lowest BCUT2D eigenvalue weighted by Crippen LogP contribution is -2.07. The average molecular weight is 433 g/mol. The monoisotopic (exact) mass is 432 g/mol. The minimum absolute atomic E-state index is 0.108. The summed E-state index contributed by atoms with van der Waals surface area (Å²) in [6.07, 6.45) is 8.53. The van der Waals surface area contributed by atoms with Gasteiger partial charge in [-0.2, -0.15) is 0 Å². The van der Waals surface area contributed by atoms with Crippen LogP contribution in [0, 0.1) is 11.8 Å². The van der Waals surface area contributed by atoms with Crippen molar-refractivity contribution in [1.29, 1.82) is 0 Å². The van der Waals surface area contributed by atoms with Gasteiger partial charge in [0.2, 0.25) is 0 Å². The summed E-state index contributed by atoms with van der Waals surface area (Å²) in [5.41, 5.74) is 1.53. The summed E-state index contributed by atoms with van der Waals surface area (Å²) >= 11 is 0. The summed E-state index contributed by atoms with van der Waals surface area (Å²) in [6, 6.07) is 0. The Labute approximate surface area is 184 Å². The van der Waals surface area contributed by atoms with Crippen molar-refractivity contribution < 1.29 is 14.3 Å². The number of nitrogens with zero attached hydrogens (tertiary/aromatic N) is 6. The molecule has 0 fully saturated rings. The lowest BCUT2D eigenvalue weighted by molar-refractivity contribution is -0.122. The first-order valence-electron chi connectivity index (χ1n) is 11.3. The zero-order valence-corrected chi connectivity index (χ0v) is 19.3. The van der Waals surface area contributed by atoms with Crippen LogP contribution in [0.2, 0.25) is 0 Å². The van der Waals surface area contributed by atoms with Gasteiger partial charge in [0.25, 0.3) is 0 Å². The van der Waals surface area contributed by atoms with Crippen LogP contribution in [0.4, 0.5) is 0 Å². The Morgan fingerprint density at radius 2 is 1.19 bits per heavy atom. The van der Waals surface area contributed by atoms with Gasteiger partial charge in [-0.15, -0.1) is 10.2 Å². The topological polar surface area (TPSA) is 105 Å². The van der Waals surface area contributed by atoms with Crippen molar-refractivity contribution in [3.05, 3.63) is 23.8 Å². The van der Waals surface area contributed by atoms with E-state index in [-0.39, 0.29) is 11.8 Å². The van der Waals surface area contributed by atoms with Crippen LogP contribution in [0.1, 0.15) is 77.6 Å². The SMILES string of the molecule is CC(C)C(=O)CCCCn1cc(COCc2cn(CCCCC(=O)C(C)C)nn2)nn1. The maximum atomic E-state index is 11.6. The van der Waals surface area contributed by atoms with Crippen LogP contribution in [-0.4, -0.2) is 41.6 Å². The Bertz CT molecular complexity index is 746. The van der Waals surface area contributed by atoms with Gasteiger partial charge in [0.15, 0.2) is 0 Å². The number of aromatic nitrogens is 6. The second-order valence-corrected chi connectivity index (χ2v) is 8.59. The molecule has 0 aliphatic rings. The Kier molecular flexibility index (Phi) is 10.5. The summed E-state index contributed by atoms with van der Waals surface area (Å²) in [7, 11) is 0. The Balaban J connectivity index is 1.60. The molecule has 9 nitrogen and oxygen atoms in total. The Hall–Kier alpha value is -2.42. The first-order chi connectivity index (χ1) is 14.8. The van der Waals surface area contributed by atoms with Gasteiger partial charge in [-0.25, -0.2) is 0 Å². The number of rotatable bonds is 16. The molecule has 9 heteroatoms. The molecule has 0 unspecified atom stereocenters. The first-order valence-corrected chi connectivity index (χ1v) is 11.3. The van der Waals surface area contributed by atoms with Crippen molar-refractivity contribution in [2.45, 2.75) is 92.5 Å². The van der Waals surface area contributed by atoms with E-state index in [0.717, 1.165) is 50.2 Å². The van der Waals surface area contributed by atoms with Crippen LogP contribution in [0.3, 0.4) is 0 Å². The van der Waals surface area contributed by atoms with E-state index in [4.69, 9.17) is 4.74 Å². The molecule has 0 aliphatic heterocycles. The number of ether oxygens (including phenoxy) is 1. The van der Waals surface area contributed by atoms with E-state index in [9.17, 15) is 9.59 Å². The van der Waals surface area contributed by atoms with Gasteiger partial charge in [-0.3, -0.25) is 19.0 Å². The van der Waals surface area contributed by atoms with E-state index >= 15 is 0 Å². The van der Waals surface area contributed by atoms with Gasteiger partial charge in [-0.1, -0.05) is 38.1 Å². The molecular weight excluding hydrogens is 396 g/mol. The van der Waals surface area contributed by atoms with Crippen LogP contribution in [-0.2, 0) is 40.6 Å². The van der Waals surface area contributed by atoms with E-state index in [1.165, 1.54) is 0 Å². The maximum Gasteiger partial charge on any atom is 0.135 e. The molecule has 2 heterocycles. The van der Waals surface area contributed by atoms with Crippen LogP contribution in [0.25, 0.3) is 0 Å². The number of carbonyl (C=O) groups excluding carboxylic acids is 2. The lowest BCUT2D eigenvalue weighted by Gasteiger charge is -2.03. The summed E-state index contributed by atoms with van der Waals surface area (Å²) in [4.78, 5) is 23.3. The quantitative estimate of drug-likeness (QED) is 0.374.